The van der Waals surface area contributed by atoms with Crippen LogP contribution in [0, 0.1) is 6.92 Å². The molecule has 0 saturated heterocycles. The number of sulfonamides is 1. The van der Waals surface area contributed by atoms with Crippen molar-refractivity contribution in [3.8, 4) is 0 Å². The van der Waals surface area contributed by atoms with Crippen LogP contribution in [-0.4, -0.2) is 8.42 Å². The van der Waals surface area contributed by atoms with Gasteiger partial charge >= 0.3 is 0 Å². The minimum absolute atomic E-state index is 0.0670. The molecule has 0 heterocycles. The van der Waals surface area contributed by atoms with E-state index in [9.17, 15) is 8.42 Å². The molecule has 0 aromatic heterocycles. The van der Waals surface area contributed by atoms with E-state index >= 15 is 0 Å². The molecule has 3 N–H and O–H groups in total. The molecule has 2 rings (SSSR count). The largest absolute Gasteiger partial charge is 0.398 e. The molecule has 0 aliphatic carbocycles. The van der Waals surface area contributed by atoms with Crippen molar-refractivity contribution in [2.75, 3.05) is 10.5 Å². The molecule has 0 fully saturated rings. The van der Waals surface area contributed by atoms with Crippen LogP contribution in [0.1, 0.15) is 5.56 Å². The third-order valence-corrected chi connectivity index (χ3v) is 5.25. The van der Waals surface area contributed by atoms with Crippen LogP contribution in [0.4, 0.5) is 11.4 Å². The van der Waals surface area contributed by atoms with Gasteiger partial charge in [0, 0.05) is 5.69 Å². The average molecular weight is 366 g/mol. The fourth-order valence-corrected chi connectivity index (χ4v) is 3.98. The van der Waals surface area contributed by atoms with Crippen molar-refractivity contribution in [3.63, 3.8) is 0 Å². The molecule has 2 aromatic rings. The Morgan fingerprint density at radius 1 is 1.05 bits per heavy atom. The second-order valence-electron chi connectivity index (χ2n) is 4.34. The number of nitrogens with two attached hydrogens (primary N) is 1. The fourth-order valence-electron chi connectivity index (χ4n) is 1.66. The lowest BCUT2D eigenvalue weighted by Gasteiger charge is -2.13. The average Bonchev–Trinajstić information content (AvgIpc) is 2.38. The number of anilines is 2. The highest BCUT2D eigenvalue weighted by molar-refractivity contribution is 7.92. The number of nitrogen functional groups attached to an aromatic ring is 1. The van der Waals surface area contributed by atoms with Gasteiger partial charge in [0.05, 0.1) is 20.8 Å². The molecule has 0 radical (unpaired) electrons. The van der Waals surface area contributed by atoms with Crippen LogP contribution in [-0.2, 0) is 10.0 Å². The van der Waals surface area contributed by atoms with Crippen molar-refractivity contribution >= 4 is 56.2 Å². The van der Waals surface area contributed by atoms with E-state index in [0.717, 1.165) is 0 Å². The monoisotopic (exact) mass is 364 g/mol. The molecule has 112 valence electrons. The van der Waals surface area contributed by atoms with Gasteiger partial charge in [-0.2, -0.15) is 0 Å². The van der Waals surface area contributed by atoms with Gasteiger partial charge in [0.2, 0.25) is 0 Å². The van der Waals surface area contributed by atoms with E-state index in [2.05, 4.69) is 4.72 Å². The van der Waals surface area contributed by atoms with E-state index in [1.54, 1.807) is 13.0 Å². The van der Waals surface area contributed by atoms with Crippen molar-refractivity contribution < 1.29 is 8.42 Å². The normalized spacial score (nSPS) is 11.4. The van der Waals surface area contributed by atoms with Crippen LogP contribution in [0.3, 0.4) is 0 Å². The predicted molar refractivity (Wildman–Crippen MR) is 87.9 cm³/mol. The first-order chi connectivity index (χ1) is 9.72. The standard InChI is InChI=1S/C13H11Cl3N2O2S/c1-7-5-10(16)12(6-11(7)17)21(19,20)18-13-8(14)3-2-4-9(13)15/h2-6,18H,17H2,1H3. The van der Waals surface area contributed by atoms with Gasteiger partial charge in [-0.25, -0.2) is 8.42 Å². The number of halogens is 3. The Bertz CT molecular complexity index is 787. The third-order valence-electron chi connectivity index (χ3n) is 2.81. The molecule has 21 heavy (non-hydrogen) atoms. The molecule has 4 nitrogen and oxygen atoms in total. The molecule has 2 aromatic carbocycles. The lowest BCUT2D eigenvalue weighted by molar-refractivity contribution is 0.601. The Kier molecular flexibility index (Phi) is 4.58. The summed E-state index contributed by atoms with van der Waals surface area (Å²) in [7, 11) is -3.96. The van der Waals surface area contributed by atoms with Crippen molar-refractivity contribution in [3.05, 3.63) is 51.0 Å². The quantitative estimate of drug-likeness (QED) is 0.795. The van der Waals surface area contributed by atoms with Crippen LogP contribution >= 0.6 is 34.8 Å². The molecule has 0 atom stereocenters. The number of rotatable bonds is 3. The SMILES string of the molecule is Cc1cc(Cl)c(S(=O)(=O)Nc2c(Cl)cccc2Cl)cc1N. The highest BCUT2D eigenvalue weighted by atomic mass is 35.5. The second kappa shape index (κ2) is 5.93. The lowest BCUT2D eigenvalue weighted by atomic mass is 10.2. The first kappa shape index (κ1) is 16.2. The predicted octanol–water partition coefficient (Wildman–Crippen LogP) is 4.34. The molecule has 0 amide bonds. The summed E-state index contributed by atoms with van der Waals surface area (Å²) in [4.78, 5) is -0.136. The molecule has 0 aliphatic rings. The zero-order valence-electron chi connectivity index (χ0n) is 10.8. The molecule has 0 unspecified atom stereocenters. The van der Waals surface area contributed by atoms with Gasteiger partial charge in [-0.05, 0) is 36.8 Å². The highest BCUT2D eigenvalue weighted by Gasteiger charge is 2.21. The summed E-state index contributed by atoms with van der Waals surface area (Å²) in [5.74, 6) is 0. The maximum Gasteiger partial charge on any atom is 0.263 e. The lowest BCUT2D eigenvalue weighted by Crippen LogP contribution is -2.14. The Morgan fingerprint density at radius 2 is 1.62 bits per heavy atom. The van der Waals surface area contributed by atoms with Gasteiger partial charge < -0.3 is 5.73 Å². The van der Waals surface area contributed by atoms with Gasteiger partial charge in [0.25, 0.3) is 10.0 Å². The Hall–Kier alpha value is -1.14. The highest BCUT2D eigenvalue weighted by Crippen LogP contribution is 2.34. The van der Waals surface area contributed by atoms with Gasteiger partial charge in [0.1, 0.15) is 4.90 Å². The summed E-state index contributed by atoms with van der Waals surface area (Å²) in [6, 6.07) is 7.44. The Labute approximate surface area is 137 Å². The topological polar surface area (TPSA) is 72.2 Å². The number of nitrogens with one attached hydrogen (secondary N) is 1. The third kappa shape index (κ3) is 3.37. The second-order valence-corrected chi connectivity index (χ2v) is 7.21. The summed E-state index contributed by atoms with van der Waals surface area (Å²) < 4.78 is 27.2. The van der Waals surface area contributed by atoms with Crippen LogP contribution in [0.15, 0.2) is 35.2 Å². The van der Waals surface area contributed by atoms with E-state index in [0.29, 0.717) is 11.3 Å². The molecule has 8 heteroatoms. The van der Waals surface area contributed by atoms with Gasteiger partial charge in [0.15, 0.2) is 0 Å². The smallest absolute Gasteiger partial charge is 0.263 e. The van der Waals surface area contributed by atoms with Crippen LogP contribution in [0.2, 0.25) is 15.1 Å². The summed E-state index contributed by atoms with van der Waals surface area (Å²) in [5, 5.41) is 0.432. The van der Waals surface area contributed by atoms with Gasteiger partial charge in [-0.15, -0.1) is 0 Å². The van der Waals surface area contributed by atoms with Crippen molar-refractivity contribution in [2.24, 2.45) is 0 Å². The summed E-state index contributed by atoms with van der Waals surface area (Å²) in [6.45, 7) is 1.73. The molecular formula is C13H11Cl3N2O2S. The minimum Gasteiger partial charge on any atom is -0.398 e. The van der Waals surface area contributed by atoms with Crippen molar-refractivity contribution in [1.29, 1.82) is 0 Å². The first-order valence-corrected chi connectivity index (χ1v) is 8.36. The molecular weight excluding hydrogens is 355 g/mol. The fraction of sp³-hybridized carbons (Fsp3) is 0.0769. The van der Waals surface area contributed by atoms with E-state index in [1.807, 2.05) is 0 Å². The van der Waals surface area contributed by atoms with E-state index in [4.69, 9.17) is 40.5 Å². The maximum atomic E-state index is 12.4. The van der Waals surface area contributed by atoms with Crippen LogP contribution < -0.4 is 10.5 Å². The van der Waals surface area contributed by atoms with Gasteiger partial charge in [-0.1, -0.05) is 40.9 Å². The molecule has 0 bridgehead atoms. The Balaban J connectivity index is 2.51. The molecule has 0 spiro atoms. The number of aryl methyl sites for hydroxylation is 1. The Morgan fingerprint density at radius 3 is 2.19 bits per heavy atom. The van der Waals surface area contributed by atoms with Crippen molar-refractivity contribution in [1.82, 2.24) is 0 Å². The number of hydrogen-bond donors (Lipinski definition) is 2. The van der Waals surface area contributed by atoms with E-state index < -0.39 is 10.0 Å². The van der Waals surface area contributed by atoms with E-state index in [-0.39, 0.29) is 25.7 Å². The number of para-hydroxylation sites is 1. The van der Waals surface area contributed by atoms with E-state index in [1.165, 1.54) is 24.3 Å². The number of hydrogen-bond acceptors (Lipinski definition) is 3. The first-order valence-electron chi connectivity index (χ1n) is 5.75. The summed E-state index contributed by atoms with van der Waals surface area (Å²) >= 11 is 17.9. The maximum absolute atomic E-state index is 12.4. The zero-order valence-corrected chi connectivity index (χ0v) is 13.9. The number of benzene rings is 2. The summed E-state index contributed by atoms with van der Waals surface area (Å²) in [6.07, 6.45) is 0. The van der Waals surface area contributed by atoms with Gasteiger partial charge in [-0.3, -0.25) is 4.72 Å². The van der Waals surface area contributed by atoms with Crippen LogP contribution in [0.25, 0.3) is 0 Å². The van der Waals surface area contributed by atoms with Crippen LogP contribution in [0.5, 0.6) is 0 Å². The minimum atomic E-state index is -3.96. The zero-order chi connectivity index (χ0) is 15.8. The summed E-state index contributed by atoms with van der Waals surface area (Å²) in [5.41, 5.74) is 6.84. The molecule has 0 saturated carbocycles. The van der Waals surface area contributed by atoms with Crippen molar-refractivity contribution in [2.45, 2.75) is 11.8 Å². The molecule has 0 aliphatic heterocycles.